The Labute approximate surface area is 134 Å². The summed E-state index contributed by atoms with van der Waals surface area (Å²) in [4.78, 5) is 13.9. The predicted octanol–water partition coefficient (Wildman–Crippen LogP) is 3.38. The predicted molar refractivity (Wildman–Crippen MR) is 85.4 cm³/mol. The summed E-state index contributed by atoms with van der Waals surface area (Å²) in [5.74, 6) is 0.758. The number of esters is 1. The lowest BCUT2D eigenvalue weighted by molar-refractivity contribution is -0.142. The summed E-state index contributed by atoms with van der Waals surface area (Å²) in [7, 11) is 3.14. The van der Waals surface area contributed by atoms with E-state index in [-0.39, 0.29) is 12.0 Å². The minimum absolute atomic E-state index is 0.131. The van der Waals surface area contributed by atoms with Crippen molar-refractivity contribution in [3.8, 4) is 5.75 Å². The zero-order valence-electron chi connectivity index (χ0n) is 12.6. The molecule has 1 aromatic rings. The first kappa shape index (κ1) is 16.3. The average Bonchev–Trinajstić information content (AvgIpc) is 2.49. The molecule has 0 aromatic heterocycles. The summed E-state index contributed by atoms with van der Waals surface area (Å²) in [6.07, 6.45) is 3.86. The van der Waals surface area contributed by atoms with Crippen LogP contribution >= 0.6 is 15.9 Å². The Morgan fingerprint density at radius 3 is 2.90 bits per heavy atom. The van der Waals surface area contributed by atoms with Crippen molar-refractivity contribution in [2.24, 2.45) is 0 Å². The Hall–Kier alpha value is -1.07. The van der Waals surface area contributed by atoms with Crippen LogP contribution in [-0.2, 0) is 16.1 Å². The number of carbonyl (C=O) groups is 1. The Kier molecular flexibility index (Phi) is 6.06. The fraction of sp³-hybridized carbons (Fsp3) is 0.562. The van der Waals surface area contributed by atoms with Gasteiger partial charge in [-0.15, -0.1) is 0 Å². The van der Waals surface area contributed by atoms with E-state index in [2.05, 4.69) is 26.9 Å². The minimum Gasteiger partial charge on any atom is -0.496 e. The van der Waals surface area contributed by atoms with Gasteiger partial charge in [-0.05, 0) is 37.6 Å². The number of hydrogen-bond acceptors (Lipinski definition) is 4. The van der Waals surface area contributed by atoms with Gasteiger partial charge in [-0.25, -0.2) is 0 Å². The molecule has 1 fully saturated rings. The summed E-state index contributed by atoms with van der Waals surface area (Å²) in [6, 6.07) is 6.29. The van der Waals surface area contributed by atoms with Crippen LogP contribution in [0.15, 0.2) is 22.7 Å². The number of likely N-dealkylation sites (tertiary alicyclic amines) is 1. The van der Waals surface area contributed by atoms with Crippen LogP contribution in [0.4, 0.5) is 0 Å². The zero-order chi connectivity index (χ0) is 15.2. The lowest BCUT2D eigenvalue weighted by atomic mass is 9.98. The second-order valence-corrected chi connectivity index (χ2v) is 6.27. The lowest BCUT2D eigenvalue weighted by Gasteiger charge is -2.35. The molecule has 0 amide bonds. The third-order valence-electron chi connectivity index (χ3n) is 3.99. The van der Waals surface area contributed by atoms with Gasteiger partial charge in [0, 0.05) is 22.6 Å². The standard InChI is InChI=1S/C16H22BrNO3/c1-20-15-7-6-13(17)9-12(15)11-18-8-4-3-5-14(18)10-16(19)21-2/h6-7,9,14H,3-5,8,10-11H2,1-2H3. The SMILES string of the molecule is COC(=O)CC1CCCCN1Cc1cc(Br)ccc1OC. The number of hydrogen-bond donors (Lipinski definition) is 0. The monoisotopic (exact) mass is 355 g/mol. The molecular weight excluding hydrogens is 334 g/mol. The van der Waals surface area contributed by atoms with Crippen LogP contribution < -0.4 is 4.74 Å². The lowest BCUT2D eigenvalue weighted by Crippen LogP contribution is -2.40. The third-order valence-corrected chi connectivity index (χ3v) is 4.49. The van der Waals surface area contributed by atoms with Crippen molar-refractivity contribution in [2.45, 2.75) is 38.3 Å². The summed E-state index contributed by atoms with van der Waals surface area (Å²) in [5.41, 5.74) is 1.14. The molecule has 1 atom stereocenters. The van der Waals surface area contributed by atoms with Crippen LogP contribution in [0.3, 0.4) is 0 Å². The Morgan fingerprint density at radius 2 is 2.19 bits per heavy atom. The largest absolute Gasteiger partial charge is 0.496 e. The highest BCUT2D eigenvalue weighted by Gasteiger charge is 2.25. The normalized spacial score (nSPS) is 19.3. The fourth-order valence-corrected chi connectivity index (χ4v) is 3.27. The molecular formula is C16H22BrNO3. The smallest absolute Gasteiger partial charge is 0.307 e. The molecule has 0 saturated carbocycles. The maximum Gasteiger partial charge on any atom is 0.307 e. The molecule has 1 aliphatic rings. The van der Waals surface area contributed by atoms with Crippen LogP contribution in [0, 0.1) is 0 Å². The number of halogens is 1. The van der Waals surface area contributed by atoms with Gasteiger partial charge in [0.2, 0.25) is 0 Å². The number of rotatable bonds is 5. The van der Waals surface area contributed by atoms with Crippen molar-refractivity contribution >= 4 is 21.9 Å². The summed E-state index contributed by atoms with van der Waals surface area (Å²) in [6.45, 7) is 1.81. The van der Waals surface area contributed by atoms with Gasteiger partial charge in [0.15, 0.2) is 0 Å². The molecule has 116 valence electrons. The van der Waals surface area contributed by atoms with E-state index >= 15 is 0 Å². The van der Waals surface area contributed by atoms with Crippen molar-refractivity contribution in [2.75, 3.05) is 20.8 Å². The summed E-state index contributed by atoms with van der Waals surface area (Å²) < 4.78 is 11.3. The first-order valence-corrected chi connectivity index (χ1v) is 8.06. The molecule has 1 unspecified atom stereocenters. The molecule has 1 saturated heterocycles. The number of carbonyl (C=O) groups excluding carboxylic acids is 1. The highest BCUT2D eigenvalue weighted by Crippen LogP contribution is 2.28. The average molecular weight is 356 g/mol. The molecule has 21 heavy (non-hydrogen) atoms. The molecule has 1 aliphatic heterocycles. The van der Waals surface area contributed by atoms with E-state index in [0.717, 1.165) is 35.3 Å². The summed E-state index contributed by atoms with van der Waals surface area (Å²) in [5, 5.41) is 0. The topological polar surface area (TPSA) is 38.8 Å². The van der Waals surface area contributed by atoms with Crippen LogP contribution in [0.1, 0.15) is 31.2 Å². The number of ether oxygens (including phenoxy) is 2. The van der Waals surface area contributed by atoms with Crippen LogP contribution in [0.2, 0.25) is 0 Å². The Morgan fingerprint density at radius 1 is 1.38 bits per heavy atom. The van der Waals surface area contributed by atoms with Gasteiger partial charge in [0.25, 0.3) is 0 Å². The highest BCUT2D eigenvalue weighted by atomic mass is 79.9. The van der Waals surface area contributed by atoms with E-state index in [1.54, 1.807) is 7.11 Å². The number of methoxy groups -OCH3 is 2. The third kappa shape index (κ3) is 4.45. The van der Waals surface area contributed by atoms with E-state index in [9.17, 15) is 4.79 Å². The van der Waals surface area contributed by atoms with Crippen molar-refractivity contribution in [1.29, 1.82) is 0 Å². The first-order chi connectivity index (χ1) is 10.1. The van der Waals surface area contributed by atoms with Gasteiger partial charge in [0.05, 0.1) is 20.6 Å². The maximum absolute atomic E-state index is 11.6. The molecule has 0 radical (unpaired) electrons. The van der Waals surface area contributed by atoms with E-state index in [4.69, 9.17) is 9.47 Å². The molecule has 2 rings (SSSR count). The first-order valence-electron chi connectivity index (χ1n) is 7.27. The van der Waals surface area contributed by atoms with Gasteiger partial charge in [-0.1, -0.05) is 22.4 Å². The Balaban J connectivity index is 2.11. The van der Waals surface area contributed by atoms with Gasteiger partial charge in [-0.3, -0.25) is 9.69 Å². The zero-order valence-corrected chi connectivity index (χ0v) is 14.2. The number of piperidine rings is 1. The van der Waals surface area contributed by atoms with Crippen molar-refractivity contribution < 1.29 is 14.3 Å². The van der Waals surface area contributed by atoms with Gasteiger partial charge in [-0.2, -0.15) is 0 Å². The molecule has 0 aliphatic carbocycles. The fourth-order valence-electron chi connectivity index (χ4n) is 2.86. The van der Waals surface area contributed by atoms with Crippen LogP contribution in [0.5, 0.6) is 5.75 Å². The Bertz CT molecular complexity index is 492. The van der Waals surface area contributed by atoms with Gasteiger partial charge < -0.3 is 9.47 Å². The second-order valence-electron chi connectivity index (χ2n) is 5.36. The van der Waals surface area contributed by atoms with Crippen molar-refractivity contribution in [1.82, 2.24) is 4.90 Å². The van der Waals surface area contributed by atoms with E-state index in [1.807, 2.05) is 12.1 Å². The molecule has 0 N–H and O–H groups in total. The molecule has 0 bridgehead atoms. The van der Waals surface area contributed by atoms with Gasteiger partial charge >= 0.3 is 5.97 Å². The quantitative estimate of drug-likeness (QED) is 0.759. The second kappa shape index (κ2) is 7.80. The van der Waals surface area contributed by atoms with Crippen molar-refractivity contribution in [3.05, 3.63) is 28.2 Å². The highest BCUT2D eigenvalue weighted by molar-refractivity contribution is 9.10. The van der Waals surface area contributed by atoms with Crippen LogP contribution in [0.25, 0.3) is 0 Å². The summed E-state index contributed by atoms with van der Waals surface area (Å²) >= 11 is 3.51. The maximum atomic E-state index is 11.6. The molecule has 4 nitrogen and oxygen atoms in total. The van der Waals surface area contributed by atoms with E-state index < -0.39 is 0 Å². The van der Waals surface area contributed by atoms with E-state index in [0.29, 0.717) is 6.42 Å². The minimum atomic E-state index is -0.131. The molecule has 5 heteroatoms. The van der Waals surface area contributed by atoms with Crippen LogP contribution in [-0.4, -0.2) is 37.7 Å². The number of nitrogens with zero attached hydrogens (tertiary/aromatic N) is 1. The number of benzene rings is 1. The molecule has 1 heterocycles. The molecule has 1 aromatic carbocycles. The molecule has 0 spiro atoms. The van der Waals surface area contributed by atoms with Gasteiger partial charge in [0.1, 0.15) is 5.75 Å². The van der Waals surface area contributed by atoms with E-state index in [1.165, 1.54) is 20.0 Å². The van der Waals surface area contributed by atoms with Crippen molar-refractivity contribution in [3.63, 3.8) is 0 Å².